The fourth-order valence-electron chi connectivity index (χ4n) is 4.76. The molecule has 2 saturated heterocycles. The number of hydrogen-bond acceptors (Lipinski definition) is 3. The van der Waals surface area contributed by atoms with Crippen molar-refractivity contribution in [3.8, 4) is 23.7 Å². The molecule has 1 spiro atoms. The van der Waals surface area contributed by atoms with Crippen LogP contribution in [0.25, 0.3) is 0 Å². The van der Waals surface area contributed by atoms with Gasteiger partial charge in [-0.15, -0.1) is 0 Å². The monoisotopic (exact) mass is 462 g/mol. The Labute approximate surface area is 205 Å². The molecule has 2 fully saturated rings. The van der Waals surface area contributed by atoms with Gasteiger partial charge in [-0.25, -0.2) is 0 Å². The lowest BCUT2D eigenvalue weighted by atomic mass is 9.78. The molecule has 0 N–H and O–H groups in total. The van der Waals surface area contributed by atoms with Gasteiger partial charge in [0, 0.05) is 43.2 Å². The molecule has 5 rings (SSSR count). The number of hydrogen-bond donors (Lipinski definition) is 0. The maximum absolute atomic E-state index is 13.1. The molecule has 5 heteroatoms. The third kappa shape index (κ3) is 5.31. The van der Waals surface area contributed by atoms with E-state index in [0.717, 1.165) is 30.4 Å². The minimum Gasteiger partial charge on any atom is -0.443 e. The lowest BCUT2D eigenvalue weighted by Crippen LogP contribution is -2.44. The van der Waals surface area contributed by atoms with Crippen molar-refractivity contribution in [1.82, 2.24) is 9.80 Å². The van der Waals surface area contributed by atoms with E-state index < -0.39 is 0 Å². The van der Waals surface area contributed by atoms with Crippen molar-refractivity contribution in [3.63, 3.8) is 0 Å². The SMILES string of the molecule is O=C(C#Cc1ccccc1)N1CCC2(CC1)CCN(C(=O)c1ccc(C#Cc3ccccc3)o1)C2. The largest absolute Gasteiger partial charge is 0.443 e. The Balaban J connectivity index is 1.16. The van der Waals surface area contributed by atoms with Crippen LogP contribution >= 0.6 is 0 Å². The standard InChI is InChI=1S/C30H26N2O3/c33-28(16-12-25-9-5-2-6-10-25)31-20-17-30(18-21-31)19-22-32(23-30)29(34)27-15-14-26(35-27)13-11-24-7-3-1-4-8-24/h1-10,14-15H,17-23H2. The van der Waals surface area contributed by atoms with Crippen molar-refractivity contribution < 1.29 is 14.0 Å². The predicted molar refractivity (Wildman–Crippen MR) is 133 cm³/mol. The van der Waals surface area contributed by atoms with Crippen molar-refractivity contribution in [2.75, 3.05) is 26.2 Å². The summed E-state index contributed by atoms with van der Waals surface area (Å²) in [7, 11) is 0. The second kappa shape index (κ2) is 9.95. The molecule has 0 saturated carbocycles. The maximum atomic E-state index is 13.1. The molecule has 35 heavy (non-hydrogen) atoms. The van der Waals surface area contributed by atoms with Crippen molar-refractivity contribution in [1.29, 1.82) is 0 Å². The fraction of sp³-hybridized carbons (Fsp3) is 0.267. The van der Waals surface area contributed by atoms with Gasteiger partial charge in [0.25, 0.3) is 11.8 Å². The molecule has 0 unspecified atom stereocenters. The van der Waals surface area contributed by atoms with Crippen LogP contribution in [0.3, 0.4) is 0 Å². The van der Waals surface area contributed by atoms with Gasteiger partial charge in [-0.2, -0.15) is 0 Å². The molecule has 0 atom stereocenters. The van der Waals surface area contributed by atoms with E-state index in [-0.39, 0.29) is 17.2 Å². The van der Waals surface area contributed by atoms with Gasteiger partial charge in [0.1, 0.15) is 0 Å². The van der Waals surface area contributed by atoms with E-state index in [9.17, 15) is 9.59 Å². The van der Waals surface area contributed by atoms with E-state index >= 15 is 0 Å². The Hall–Kier alpha value is -4.22. The summed E-state index contributed by atoms with van der Waals surface area (Å²) in [4.78, 5) is 29.3. The number of carbonyl (C=O) groups is 2. The molecular weight excluding hydrogens is 436 g/mol. The molecule has 0 aliphatic carbocycles. The molecule has 0 radical (unpaired) electrons. The zero-order valence-corrected chi connectivity index (χ0v) is 19.5. The first-order valence-corrected chi connectivity index (χ1v) is 11.9. The predicted octanol–water partition coefficient (Wildman–Crippen LogP) is 4.19. The lowest BCUT2D eigenvalue weighted by molar-refractivity contribution is -0.127. The van der Waals surface area contributed by atoms with Gasteiger partial charge in [0.2, 0.25) is 0 Å². The molecule has 0 bridgehead atoms. The van der Waals surface area contributed by atoms with Gasteiger partial charge in [-0.05, 0) is 67.0 Å². The van der Waals surface area contributed by atoms with Gasteiger partial charge < -0.3 is 14.2 Å². The number of likely N-dealkylation sites (tertiary alicyclic amines) is 2. The van der Waals surface area contributed by atoms with Gasteiger partial charge in [-0.3, -0.25) is 9.59 Å². The molecule has 5 nitrogen and oxygen atoms in total. The number of nitrogens with zero attached hydrogens (tertiary/aromatic N) is 2. The minimum atomic E-state index is -0.130. The van der Waals surface area contributed by atoms with Crippen LogP contribution in [0.5, 0.6) is 0 Å². The van der Waals surface area contributed by atoms with Crippen LogP contribution in [-0.2, 0) is 4.79 Å². The highest BCUT2D eigenvalue weighted by Crippen LogP contribution is 2.40. The summed E-state index contributed by atoms with van der Waals surface area (Å²) in [5.74, 6) is 12.3. The topological polar surface area (TPSA) is 53.8 Å². The van der Waals surface area contributed by atoms with Crippen molar-refractivity contribution >= 4 is 11.8 Å². The van der Waals surface area contributed by atoms with E-state index in [1.54, 1.807) is 12.1 Å². The Morgan fingerprint density at radius 2 is 1.31 bits per heavy atom. The van der Waals surface area contributed by atoms with Gasteiger partial charge in [-0.1, -0.05) is 48.2 Å². The van der Waals surface area contributed by atoms with Gasteiger partial charge in [0.05, 0.1) is 0 Å². The van der Waals surface area contributed by atoms with Crippen LogP contribution < -0.4 is 0 Å². The Morgan fingerprint density at radius 1 is 0.714 bits per heavy atom. The number of benzene rings is 2. The van der Waals surface area contributed by atoms with Crippen LogP contribution in [0.2, 0.25) is 0 Å². The fourth-order valence-corrected chi connectivity index (χ4v) is 4.76. The molecule has 2 amide bonds. The quantitative estimate of drug-likeness (QED) is 0.510. The van der Waals surface area contributed by atoms with Crippen LogP contribution in [0, 0.1) is 29.1 Å². The van der Waals surface area contributed by atoms with Crippen LogP contribution in [0.15, 0.2) is 77.2 Å². The van der Waals surface area contributed by atoms with Crippen LogP contribution in [-0.4, -0.2) is 47.8 Å². The van der Waals surface area contributed by atoms with Crippen molar-refractivity contribution in [2.24, 2.45) is 5.41 Å². The third-order valence-electron chi connectivity index (χ3n) is 6.85. The van der Waals surface area contributed by atoms with Crippen LogP contribution in [0.1, 0.15) is 46.7 Å². The van der Waals surface area contributed by atoms with E-state index in [1.165, 1.54) is 0 Å². The first kappa shape index (κ1) is 22.6. The summed E-state index contributed by atoms with van der Waals surface area (Å²) in [6.45, 7) is 2.73. The van der Waals surface area contributed by atoms with Crippen molar-refractivity contribution in [3.05, 3.63) is 95.4 Å². The van der Waals surface area contributed by atoms with E-state index in [4.69, 9.17) is 4.42 Å². The zero-order valence-electron chi connectivity index (χ0n) is 19.5. The Bertz CT molecular complexity index is 1330. The normalized spacial score (nSPS) is 16.2. The third-order valence-corrected chi connectivity index (χ3v) is 6.85. The highest BCUT2D eigenvalue weighted by Gasteiger charge is 2.43. The summed E-state index contributed by atoms with van der Waals surface area (Å²) in [5.41, 5.74) is 1.79. The highest BCUT2D eigenvalue weighted by atomic mass is 16.3. The smallest absolute Gasteiger partial charge is 0.298 e. The molecule has 3 heterocycles. The van der Waals surface area contributed by atoms with Crippen LogP contribution in [0.4, 0.5) is 0 Å². The molecule has 174 valence electrons. The lowest BCUT2D eigenvalue weighted by Gasteiger charge is -2.38. The molecule has 1 aromatic heterocycles. The first-order chi connectivity index (χ1) is 17.1. The zero-order chi connectivity index (χ0) is 24.1. The molecule has 2 aliphatic heterocycles. The molecule has 2 aliphatic rings. The summed E-state index contributed by atoms with van der Waals surface area (Å²) >= 11 is 0. The Kier molecular flexibility index (Phi) is 6.42. The summed E-state index contributed by atoms with van der Waals surface area (Å²) in [6.07, 6.45) is 2.70. The van der Waals surface area contributed by atoms with E-state index in [1.807, 2.05) is 70.5 Å². The summed E-state index contributed by atoms with van der Waals surface area (Å²) in [5, 5.41) is 0. The highest BCUT2D eigenvalue weighted by molar-refractivity contribution is 5.94. The summed E-state index contributed by atoms with van der Waals surface area (Å²) in [6, 6.07) is 22.7. The average Bonchev–Trinajstić information content (AvgIpc) is 3.55. The molecule has 3 aromatic rings. The second-order valence-corrected chi connectivity index (χ2v) is 9.16. The molecular formula is C30H26N2O3. The first-order valence-electron chi connectivity index (χ1n) is 11.9. The van der Waals surface area contributed by atoms with Gasteiger partial charge >= 0.3 is 0 Å². The number of carbonyl (C=O) groups excluding carboxylic acids is 2. The second-order valence-electron chi connectivity index (χ2n) is 9.16. The van der Waals surface area contributed by atoms with E-state index in [2.05, 4.69) is 23.7 Å². The number of amides is 2. The average molecular weight is 463 g/mol. The number of rotatable bonds is 1. The van der Waals surface area contributed by atoms with Gasteiger partial charge in [0.15, 0.2) is 11.5 Å². The Morgan fingerprint density at radius 3 is 1.97 bits per heavy atom. The minimum absolute atomic E-state index is 0.0574. The summed E-state index contributed by atoms with van der Waals surface area (Å²) < 4.78 is 5.73. The number of furan rings is 1. The van der Waals surface area contributed by atoms with Crippen molar-refractivity contribution in [2.45, 2.75) is 19.3 Å². The number of piperidine rings is 1. The van der Waals surface area contributed by atoms with E-state index in [0.29, 0.717) is 37.7 Å². The molecule has 2 aromatic carbocycles. The maximum Gasteiger partial charge on any atom is 0.298 e.